The van der Waals surface area contributed by atoms with Gasteiger partial charge in [0.2, 0.25) is 0 Å². The van der Waals surface area contributed by atoms with Gasteiger partial charge in [0.1, 0.15) is 6.04 Å². The number of hydrogen-bond acceptors (Lipinski definition) is 4. The summed E-state index contributed by atoms with van der Waals surface area (Å²) in [4.78, 5) is 23.6. The third-order valence-electron chi connectivity index (χ3n) is 5.09. The third-order valence-corrected chi connectivity index (χ3v) is 9.63. The van der Waals surface area contributed by atoms with Crippen molar-refractivity contribution in [1.82, 2.24) is 5.32 Å². The molecule has 0 heterocycles. The van der Waals surface area contributed by atoms with E-state index in [1.807, 2.05) is 33.9 Å². The zero-order valence-electron chi connectivity index (χ0n) is 17.1. The van der Waals surface area contributed by atoms with Crippen molar-refractivity contribution in [2.45, 2.75) is 63.6 Å². The van der Waals surface area contributed by atoms with Crippen LogP contribution in [-0.2, 0) is 20.2 Å². The van der Waals surface area contributed by atoms with Crippen LogP contribution in [0.3, 0.4) is 0 Å². The molecule has 0 unspecified atom stereocenters. The van der Waals surface area contributed by atoms with Crippen molar-refractivity contribution in [3.05, 3.63) is 35.4 Å². The van der Waals surface area contributed by atoms with Crippen molar-refractivity contribution < 1.29 is 37.4 Å². The number of aliphatic hydroxyl groups is 1. The van der Waals surface area contributed by atoms with Crippen LogP contribution in [0.5, 0.6) is 0 Å². The molecule has 164 valence electrons. The monoisotopic (exact) mass is 435 g/mol. The molecule has 1 rings (SSSR count). The summed E-state index contributed by atoms with van der Waals surface area (Å²) in [6, 6.07) is 2.14. The number of nitrogens with one attached hydrogen (secondary N) is 1. The van der Waals surface area contributed by atoms with E-state index in [2.05, 4.69) is 5.32 Å². The number of carboxylic acids is 1. The van der Waals surface area contributed by atoms with E-state index in [4.69, 9.17) is 4.43 Å². The lowest BCUT2D eigenvalue weighted by Gasteiger charge is -2.36. The standard InChI is InChI=1S/C19H28F3NO5Si/c1-18(2,3)29(4,5)28-11-10-14(17(26)27)23-16(25)15(24)12-6-8-13(9-7-12)19(20,21)22/h6-9,14-15,24H,10-11H2,1-5H3,(H,23,25)(H,26,27)/t14-,15-/m0/s1. The number of alkyl halides is 3. The average Bonchev–Trinajstić information content (AvgIpc) is 2.58. The second-order valence-corrected chi connectivity index (χ2v) is 13.1. The first-order valence-electron chi connectivity index (χ1n) is 9.08. The summed E-state index contributed by atoms with van der Waals surface area (Å²) in [5, 5.41) is 21.5. The highest BCUT2D eigenvalue weighted by Crippen LogP contribution is 2.36. The van der Waals surface area contributed by atoms with Crippen molar-refractivity contribution in [2.75, 3.05) is 6.61 Å². The van der Waals surface area contributed by atoms with Crippen LogP contribution in [0.1, 0.15) is 44.4 Å². The van der Waals surface area contributed by atoms with Gasteiger partial charge in [0.25, 0.3) is 5.91 Å². The van der Waals surface area contributed by atoms with E-state index in [0.717, 1.165) is 24.3 Å². The molecule has 0 saturated heterocycles. The summed E-state index contributed by atoms with van der Waals surface area (Å²) in [5.41, 5.74) is -0.989. The zero-order chi connectivity index (χ0) is 22.6. The highest BCUT2D eigenvalue weighted by molar-refractivity contribution is 6.74. The fourth-order valence-electron chi connectivity index (χ4n) is 2.16. The van der Waals surface area contributed by atoms with E-state index in [0.29, 0.717) is 0 Å². The summed E-state index contributed by atoms with van der Waals surface area (Å²) in [7, 11) is -2.09. The molecule has 0 saturated carbocycles. The maximum atomic E-state index is 12.6. The Morgan fingerprint density at radius 2 is 1.66 bits per heavy atom. The molecule has 0 radical (unpaired) electrons. The maximum Gasteiger partial charge on any atom is 0.416 e. The molecule has 1 aromatic rings. The first kappa shape index (κ1) is 25.1. The van der Waals surface area contributed by atoms with Crippen LogP contribution in [-0.4, -0.2) is 43.1 Å². The fraction of sp³-hybridized carbons (Fsp3) is 0.579. The van der Waals surface area contributed by atoms with Crippen molar-refractivity contribution in [3.8, 4) is 0 Å². The number of carboxylic acid groups (broad SMARTS) is 1. The van der Waals surface area contributed by atoms with E-state index in [1.165, 1.54) is 0 Å². The van der Waals surface area contributed by atoms with Crippen LogP contribution in [0.25, 0.3) is 0 Å². The number of halogens is 3. The first-order valence-corrected chi connectivity index (χ1v) is 12.0. The number of hydrogen-bond donors (Lipinski definition) is 3. The lowest BCUT2D eigenvalue weighted by atomic mass is 10.1. The number of aliphatic hydroxyl groups excluding tert-OH is 1. The van der Waals surface area contributed by atoms with E-state index in [9.17, 15) is 33.0 Å². The molecule has 0 spiro atoms. The van der Waals surface area contributed by atoms with Crippen molar-refractivity contribution in [1.29, 1.82) is 0 Å². The van der Waals surface area contributed by atoms with Gasteiger partial charge in [-0.25, -0.2) is 4.79 Å². The van der Waals surface area contributed by atoms with Gasteiger partial charge in [-0.2, -0.15) is 13.2 Å². The largest absolute Gasteiger partial charge is 0.480 e. The molecule has 0 fully saturated rings. The highest BCUT2D eigenvalue weighted by Gasteiger charge is 2.37. The van der Waals surface area contributed by atoms with Crippen LogP contribution in [0.15, 0.2) is 24.3 Å². The molecule has 0 bridgehead atoms. The van der Waals surface area contributed by atoms with Gasteiger partial charge >= 0.3 is 12.1 Å². The smallest absolute Gasteiger partial charge is 0.416 e. The number of carbonyl (C=O) groups excluding carboxylic acids is 1. The zero-order valence-corrected chi connectivity index (χ0v) is 18.1. The minimum atomic E-state index is -4.54. The molecule has 2 atom stereocenters. The Balaban J connectivity index is 2.73. The molecule has 29 heavy (non-hydrogen) atoms. The number of amides is 1. The Kier molecular flexibility index (Phi) is 8.03. The normalized spacial score (nSPS) is 14.9. The van der Waals surface area contributed by atoms with Gasteiger partial charge in [-0.1, -0.05) is 32.9 Å². The predicted molar refractivity (Wildman–Crippen MR) is 104 cm³/mol. The van der Waals surface area contributed by atoms with Crippen LogP contribution < -0.4 is 5.32 Å². The molecular weight excluding hydrogens is 407 g/mol. The van der Waals surface area contributed by atoms with E-state index >= 15 is 0 Å². The summed E-state index contributed by atoms with van der Waals surface area (Å²) < 4.78 is 43.7. The molecule has 3 N–H and O–H groups in total. The second kappa shape index (κ2) is 9.27. The highest BCUT2D eigenvalue weighted by atomic mass is 28.4. The quantitative estimate of drug-likeness (QED) is 0.541. The molecule has 0 aliphatic carbocycles. The minimum Gasteiger partial charge on any atom is -0.480 e. The number of benzene rings is 1. The fourth-order valence-corrected chi connectivity index (χ4v) is 3.22. The van der Waals surface area contributed by atoms with Gasteiger partial charge < -0.3 is 20.0 Å². The molecule has 6 nitrogen and oxygen atoms in total. The lowest BCUT2D eigenvalue weighted by Crippen LogP contribution is -2.45. The summed E-state index contributed by atoms with van der Waals surface area (Å²) >= 11 is 0. The molecular formula is C19H28F3NO5Si. The minimum absolute atomic E-state index is 0.00663. The van der Waals surface area contributed by atoms with E-state index in [1.54, 1.807) is 0 Å². The number of aliphatic carboxylic acids is 1. The average molecular weight is 436 g/mol. The Labute approximate surface area is 169 Å². The molecule has 10 heteroatoms. The van der Waals surface area contributed by atoms with Gasteiger partial charge in [0.05, 0.1) is 5.56 Å². The Morgan fingerprint density at radius 1 is 1.14 bits per heavy atom. The van der Waals surface area contributed by atoms with Gasteiger partial charge in [0, 0.05) is 13.0 Å². The van der Waals surface area contributed by atoms with Gasteiger partial charge in [-0.05, 0) is 35.8 Å². The molecule has 0 aliphatic heterocycles. The Morgan fingerprint density at radius 3 is 2.07 bits per heavy atom. The Bertz CT molecular complexity index is 714. The first-order chi connectivity index (χ1) is 13.1. The summed E-state index contributed by atoms with van der Waals surface area (Å²) in [6.45, 7) is 10.2. The van der Waals surface area contributed by atoms with E-state index < -0.39 is 44.1 Å². The van der Waals surface area contributed by atoms with E-state index in [-0.39, 0.29) is 23.6 Å². The van der Waals surface area contributed by atoms with Crippen LogP contribution in [0, 0.1) is 0 Å². The summed E-state index contributed by atoms with van der Waals surface area (Å²) in [5.74, 6) is -2.30. The SMILES string of the molecule is CC(C)(C)[Si](C)(C)OCC[C@H](NC(=O)[C@@H](O)c1ccc(C(F)(F)F)cc1)C(=O)O. The van der Waals surface area contributed by atoms with Crippen LogP contribution >= 0.6 is 0 Å². The number of carbonyl (C=O) groups is 2. The topological polar surface area (TPSA) is 95.9 Å². The predicted octanol–water partition coefficient (Wildman–Crippen LogP) is 3.72. The van der Waals surface area contributed by atoms with Crippen LogP contribution in [0.2, 0.25) is 18.1 Å². The van der Waals surface area contributed by atoms with Gasteiger partial charge in [-0.3, -0.25) is 4.79 Å². The van der Waals surface area contributed by atoms with Gasteiger partial charge in [0.15, 0.2) is 14.4 Å². The van der Waals surface area contributed by atoms with Crippen molar-refractivity contribution in [3.63, 3.8) is 0 Å². The number of rotatable bonds is 8. The van der Waals surface area contributed by atoms with Crippen molar-refractivity contribution in [2.24, 2.45) is 0 Å². The molecule has 1 amide bonds. The molecule has 0 aromatic heterocycles. The third kappa shape index (κ3) is 7.13. The second-order valence-electron chi connectivity index (χ2n) is 8.32. The van der Waals surface area contributed by atoms with Crippen molar-refractivity contribution >= 4 is 20.2 Å². The Hall–Kier alpha value is -1.91. The summed E-state index contributed by atoms with van der Waals surface area (Å²) in [6.07, 6.45) is -6.34. The molecule has 1 aromatic carbocycles. The lowest BCUT2D eigenvalue weighted by molar-refractivity contribution is -0.144. The maximum absolute atomic E-state index is 12.6. The molecule has 0 aliphatic rings. The van der Waals surface area contributed by atoms with Crippen LogP contribution in [0.4, 0.5) is 13.2 Å². The van der Waals surface area contributed by atoms with Gasteiger partial charge in [-0.15, -0.1) is 0 Å².